The van der Waals surface area contributed by atoms with Gasteiger partial charge in [-0.25, -0.2) is 0 Å². The van der Waals surface area contributed by atoms with Crippen LogP contribution in [0.3, 0.4) is 0 Å². The van der Waals surface area contributed by atoms with Crippen LogP contribution in [0.4, 0.5) is 0 Å². The Balaban J connectivity index is 1.82. The van der Waals surface area contributed by atoms with Crippen LogP contribution < -0.4 is 10.2 Å². The smallest absolute Gasteiger partial charge is 0.294 e. The monoisotopic (exact) mass is 403 g/mol. The van der Waals surface area contributed by atoms with Crippen molar-refractivity contribution < 1.29 is 34.4 Å². The van der Waals surface area contributed by atoms with E-state index in [4.69, 9.17) is 9.15 Å². The lowest BCUT2D eigenvalue weighted by molar-refractivity contribution is -0.757. The lowest BCUT2D eigenvalue weighted by Gasteiger charge is -2.09. The molecule has 3 aromatic rings. The van der Waals surface area contributed by atoms with Crippen LogP contribution in [-0.2, 0) is 4.84 Å². The van der Waals surface area contributed by atoms with Crippen molar-refractivity contribution in [2.24, 2.45) is 0 Å². The summed E-state index contributed by atoms with van der Waals surface area (Å²) in [4.78, 5) is 26.7. The minimum atomic E-state index is -0.865. The van der Waals surface area contributed by atoms with Crippen LogP contribution in [0, 0.1) is 10.1 Å². The lowest BCUT2D eigenvalue weighted by atomic mass is 10.1. The molecular weight excluding hydrogens is 386 g/mol. The third-order valence-corrected chi connectivity index (χ3v) is 4.05. The van der Waals surface area contributed by atoms with E-state index in [1.165, 1.54) is 36.4 Å². The molecule has 3 rings (SSSR count). The molecule has 0 bridgehead atoms. The molecule has 0 saturated carbocycles. The Kier molecular flexibility index (Phi) is 5.72. The molecule has 10 heteroatoms. The number of fused-ring (bicyclic) bond motifs is 1. The minimum absolute atomic E-state index is 0.0246. The normalized spacial score (nSPS) is 10.8. The van der Waals surface area contributed by atoms with Gasteiger partial charge < -0.3 is 29.3 Å². The summed E-state index contributed by atoms with van der Waals surface area (Å²) in [6.45, 7) is 0.165. The second-order valence-corrected chi connectivity index (χ2v) is 6.11. The van der Waals surface area contributed by atoms with Crippen LogP contribution in [-0.4, -0.2) is 33.6 Å². The Morgan fingerprint density at radius 2 is 1.72 bits per heavy atom. The van der Waals surface area contributed by atoms with Crippen molar-refractivity contribution in [3.8, 4) is 34.3 Å². The summed E-state index contributed by atoms with van der Waals surface area (Å²) < 4.78 is 11.2. The van der Waals surface area contributed by atoms with Gasteiger partial charge in [0.1, 0.15) is 28.2 Å². The summed E-state index contributed by atoms with van der Waals surface area (Å²) in [7, 11) is 0. The highest BCUT2D eigenvalue weighted by Gasteiger charge is 2.14. The van der Waals surface area contributed by atoms with Crippen molar-refractivity contribution in [3.05, 3.63) is 56.7 Å². The highest BCUT2D eigenvalue weighted by atomic mass is 16.9. The van der Waals surface area contributed by atoms with Crippen molar-refractivity contribution >= 4 is 11.0 Å². The largest absolute Gasteiger partial charge is 0.507 e. The van der Waals surface area contributed by atoms with E-state index in [-0.39, 0.29) is 52.9 Å². The molecule has 3 N–H and O–H groups in total. The molecule has 0 atom stereocenters. The van der Waals surface area contributed by atoms with E-state index in [9.17, 15) is 30.2 Å². The number of unbranched alkanes of at least 4 members (excludes halogenated alkanes) is 1. The third-order valence-electron chi connectivity index (χ3n) is 4.05. The van der Waals surface area contributed by atoms with Gasteiger partial charge in [0.2, 0.25) is 0 Å². The molecule has 0 radical (unpaired) electrons. The highest BCUT2D eigenvalue weighted by molar-refractivity contribution is 5.86. The van der Waals surface area contributed by atoms with E-state index in [1.807, 2.05) is 0 Å². The predicted octanol–water partition coefficient (Wildman–Crippen LogP) is 2.94. The molecular formula is C19H17NO9. The van der Waals surface area contributed by atoms with Gasteiger partial charge in [0, 0.05) is 23.8 Å². The molecule has 0 unspecified atom stereocenters. The summed E-state index contributed by atoms with van der Waals surface area (Å²) in [5, 5.41) is 38.4. The molecule has 0 saturated heterocycles. The number of benzene rings is 2. The minimum Gasteiger partial charge on any atom is -0.507 e. The van der Waals surface area contributed by atoms with Gasteiger partial charge in [0.15, 0.2) is 16.9 Å². The second kappa shape index (κ2) is 8.38. The Labute approximate surface area is 163 Å². The number of nitrogens with zero attached hydrogens (tertiary/aromatic N) is 1. The van der Waals surface area contributed by atoms with E-state index in [0.717, 1.165) is 0 Å². The van der Waals surface area contributed by atoms with Crippen LogP contribution >= 0.6 is 0 Å². The number of ether oxygens (including phenoxy) is 1. The fraction of sp³-hybridized carbons (Fsp3) is 0.211. The number of hydrogen-bond donors (Lipinski definition) is 3. The quantitative estimate of drug-likeness (QED) is 0.223. The zero-order valence-electron chi connectivity index (χ0n) is 15.0. The van der Waals surface area contributed by atoms with Crippen LogP contribution in [0.1, 0.15) is 12.8 Å². The average Bonchev–Trinajstić information content (AvgIpc) is 2.65. The van der Waals surface area contributed by atoms with Crippen LogP contribution in [0.25, 0.3) is 22.3 Å². The van der Waals surface area contributed by atoms with Gasteiger partial charge in [-0.15, -0.1) is 10.1 Å². The fourth-order valence-electron chi connectivity index (χ4n) is 2.68. The first-order valence-electron chi connectivity index (χ1n) is 8.58. The van der Waals surface area contributed by atoms with Crippen molar-refractivity contribution in [1.29, 1.82) is 0 Å². The lowest BCUT2D eigenvalue weighted by Crippen LogP contribution is -2.05. The third kappa shape index (κ3) is 4.67. The Morgan fingerprint density at radius 1 is 0.966 bits per heavy atom. The summed E-state index contributed by atoms with van der Waals surface area (Å²) in [6, 6.07) is 7.85. The van der Waals surface area contributed by atoms with Crippen LogP contribution in [0.15, 0.2) is 45.6 Å². The summed E-state index contributed by atoms with van der Waals surface area (Å²) >= 11 is 0. The summed E-state index contributed by atoms with van der Waals surface area (Å²) in [5.74, 6) is -0.617. The maximum atomic E-state index is 12.4. The predicted molar refractivity (Wildman–Crippen MR) is 101 cm³/mol. The van der Waals surface area contributed by atoms with Gasteiger partial charge in [-0.2, -0.15) is 0 Å². The van der Waals surface area contributed by atoms with Gasteiger partial charge >= 0.3 is 0 Å². The molecule has 0 amide bonds. The first-order valence-corrected chi connectivity index (χ1v) is 8.58. The molecule has 0 fully saturated rings. The topological polar surface area (TPSA) is 152 Å². The molecule has 0 aliphatic carbocycles. The van der Waals surface area contributed by atoms with E-state index < -0.39 is 10.5 Å². The molecule has 10 nitrogen and oxygen atoms in total. The molecule has 2 aromatic carbocycles. The van der Waals surface area contributed by atoms with E-state index in [1.54, 1.807) is 0 Å². The number of phenolic OH excluding ortho intramolecular Hbond substituents is 3. The second-order valence-electron chi connectivity index (χ2n) is 6.11. The standard InChI is InChI=1S/C19H17NO9/c21-13-4-3-11(7-14(13)22)17-10-16(24)19-15(23)8-12(9-18(19)29-17)27-5-1-2-6-28-20(25)26/h3-4,7-10,21-23H,1-2,5-6H2. The zero-order valence-corrected chi connectivity index (χ0v) is 15.0. The molecule has 0 aliphatic rings. The molecule has 1 aromatic heterocycles. The molecule has 0 spiro atoms. The Bertz CT molecular complexity index is 1110. The number of aromatic hydroxyl groups is 3. The van der Waals surface area contributed by atoms with Gasteiger partial charge in [0.25, 0.3) is 5.09 Å². The van der Waals surface area contributed by atoms with Crippen molar-refractivity contribution in [3.63, 3.8) is 0 Å². The maximum absolute atomic E-state index is 12.4. The molecule has 29 heavy (non-hydrogen) atoms. The van der Waals surface area contributed by atoms with Gasteiger partial charge in [-0.05, 0) is 31.0 Å². The van der Waals surface area contributed by atoms with E-state index >= 15 is 0 Å². The first-order chi connectivity index (χ1) is 13.8. The van der Waals surface area contributed by atoms with E-state index in [2.05, 4.69) is 4.84 Å². The number of phenols is 3. The van der Waals surface area contributed by atoms with Gasteiger partial charge in [0.05, 0.1) is 13.2 Å². The summed E-state index contributed by atoms with van der Waals surface area (Å²) in [5.41, 5.74) is -0.0579. The Hall–Kier alpha value is -3.95. The first kappa shape index (κ1) is 19.8. The number of rotatable bonds is 8. The average molecular weight is 403 g/mol. The Morgan fingerprint density at radius 3 is 2.45 bits per heavy atom. The summed E-state index contributed by atoms with van der Waals surface area (Å²) in [6.07, 6.45) is 0.882. The van der Waals surface area contributed by atoms with Crippen LogP contribution in [0.5, 0.6) is 23.0 Å². The molecule has 1 heterocycles. The fourth-order valence-corrected chi connectivity index (χ4v) is 2.68. The number of hydrogen-bond acceptors (Lipinski definition) is 9. The highest BCUT2D eigenvalue weighted by Crippen LogP contribution is 2.34. The van der Waals surface area contributed by atoms with E-state index in [0.29, 0.717) is 18.4 Å². The zero-order chi connectivity index (χ0) is 21.0. The van der Waals surface area contributed by atoms with Crippen molar-refractivity contribution in [2.75, 3.05) is 13.2 Å². The van der Waals surface area contributed by atoms with Crippen LogP contribution in [0.2, 0.25) is 0 Å². The SMILES string of the molecule is O=c1cc(-c2ccc(O)c(O)c2)oc2cc(OCCCCO[N+](=O)[O-])cc(O)c12. The van der Waals surface area contributed by atoms with Gasteiger partial charge in [-0.1, -0.05) is 0 Å². The van der Waals surface area contributed by atoms with Crippen molar-refractivity contribution in [1.82, 2.24) is 0 Å². The molecule has 0 aliphatic heterocycles. The van der Waals surface area contributed by atoms with Gasteiger partial charge in [-0.3, -0.25) is 4.79 Å². The maximum Gasteiger partial charge on any atom is 0.294 e. The van der Waals surface area contributed by atoms with Crippen molar-refractivity contribution in [2.45, 2.75) is 12.8 Å². The molecule has 152 valence electrons.